The standard InChI is InChI=1S/C11H16OS/c1-2-11(12)9-13-8-10-6-4-3-5-7-10/h3-7,11-12H,2,8-9H2,1H3. The Hall–Kier alpha value is -0.470. The van der Waals surface area contributed by atoms with Gasteiger partial charge in [-0.15, -0.1) is 0 Å². The highest BCUT2D eigenvalue weighted by atomic mass is 32.2. The molecule has 0 aliphatic heterocycles. The van der Waals surface area contributed by atoms with Crippen molar-refractivity contribution >= 4 is 11.8 Å². The molecule has 0 amide bonds. The summed E-state index contributed by atoms with van der Waals surface area (Å²) in [5.41, 5.74) is 1.33. The number of aliphatic hydroxyl groups excluding tert-OH is 1. The van der Waals surface area contributed by atoms with Crippen molar-refractivity contribution in [2.75, 3.05) is 5.75 Å². The highest BCUT2D eigenvalue weighted by molar-refractivity contribution is 7.98. The van der Waals surface area contributed by atoms with E-state index in [4.69, 9.17) is 0 Å². The Balaban J connectivity index is 2.20. The summed E-state index contributed by atoms with van der Waals surface area (Å²) in [7, 11) is 0. The van der Waals surface area contributed by atoms with Gasteiger partial charge in [-0.05, 0) is 12.0 Å². The molecule has 1 aromatic carbocycles. The van der Waals surface area contributed by atoms with Gasteiger partial charge in [-0.1, -0.05) is 37.3 Å². The summed E-state index contributed by atoms with van der Waals surface area (Å²) in [4.78, 5) is 0. The maximum Gasteiger partial charge on any atom is 0.0628 e. The molecule has 0 bridgehead atoms. The van der Waals surface area contributed by atoms with Crippen LogP contribution in [-0.4, -0.2) is 17.0 Å². The highest BCUT2D eigenvalue weighted by Gasteiger charge is 2.00. The van der Waals surface area contributed by atoms with Gasteiger partial charge in [-0.2, -0.15) is 11.8 Å². The number of hydrogen-bond acceptors (Lipinski definition) is 2. The van der Waals surface area contributed by atoms with Gasteiger partial charge in [0, 0.05) is 11.5 Å². The van der Waals surface area contributed by atoms with E-state index in [1.807, 2.05) is 25.1 Å². The molecule has 0 aliphatic rings. The number of thioether (sulfide) groups is 1. The third-order valence-electron chi connectivity index (χ3n) is 1.89. The predicted molar refractivity (Wildman–Crippen MR) is 58.9 cm³/mol. The van der Waals surface area contributed by atoms with Crippen molar-refractivity contribution < 1.29 is 5.11 Å². The quantitative estimate of drug-likeness (QED) is 0.781. The Morgan fingerprint density at radius 3 is 2.62 bits per heavy atom. The molecule has 2 heteroatoms. The number of hydrogen-bond donors (Lipinski definition) is 1. The molecular formula is C11H16OS. The van der Waals surface area contributed by atoms with Crippen LogP contribution in [0, 0.1) is 0 Å². The summed E-state index contributed by atoms with van der Waals surface area (Å²) in [6.07, 6.45) is 0.704. The maximum atomic E-state index is 9.32. The fourth-order valence-corrected chi connectivity index (χ4v) is 2.06. The van der Waals surface area contributed by atoms with E-state index >= 15 is 0 Å². The van der Waals surface area contributed by atoms with E-state index in [-0.39, 0.29) is 6.10 Å². The largest absolute Gasteiger partial charge is 0.392 e. The van der Waals surface area contributed by atoms with Gasteiger partial charge >= 0.3 is 0 Å². The summed E-state index contributed by atoms with van der Waals surface area (Å²) >= 11 is 1.79. The molecular weight excluding hydrogens is 180 g/mol. The lowest BCUT2D eigenvalue weighted by Crippen LogP contribution is -2.07. The van der Waals surface area contributed by atoms with E-state index in [1.54, 1.807) is 11.8 Å². The monoisotopic (exact) mass is 196 g/mol. The molecule has 1 nitrogen and oxygen atoms in total. The maximum absolute atomic E-state index is 9.32. The van der Waals surface area contributed by atoms with Crippen molar-refractivity contribution in [3.8, 4) is 0 Å². The van der Waals surface area contributed by atoms with E-state index < -0.39 is 0 Å². The lowest BCUT2D eigenvalue weighted by atomic mass is 10.2. The van der Waals surface area contributed by atoms with Gasteiger partial charge in [-0.25, -0.2) is 0 Å². The predicted octanol–water partition coefficient (Wildman–Crippen LogP) is 2.69. The van der Waals surface area contributed by atoms with E-state index in [2.05, 4.69) is 12.1 Å². The average molecular weight is 196 g/mol. The first-order valence-electron chi connectivity index (χ1n) is 4.62. The first-order chi connectivity index (χ1) is 6.33. The Bertz CT molecular complexity index is 223. The van der Waals surface area contributed by atoms with Crippen LogP contribution in [0.1, 0.15) is 18.9 Å². The number of rotatable bonds is 5. The molecule has 1 atom stereocenters. The first kappa shape index (κ1) is 10.6. The Labute approximate surface area is 84.2 Å². The van der Waals surface area contributed by atoms with E-state index in [9.17, 15) is 5.11 Å². The van der Waals surface area contributed by atoms with Crippen LogP contribution in [-0.2, 0) is 5.75 Å². The average Bonchev–Trinajstić information content (AvgIpc) is 2.19. The van der Waals surface area contributed by atoms with Crippen molar-refractivity contribution in [1.29, 1.82) is 0 Å². The van der Waals surface area contributed by atoms with Crippen molar-refractivity contribution in [2.24, 2.45) is 0 Å². The van der Waals surface area contributed by atoms with Gasteiger partial charge in [-0.3, -0.25) is 0 Å². The molecule has 1 rings (SSSR count). The second-order valence-corrected chi connectivity index (χ2v) is 4.09. The van der Waals surface area contributed by atoms with Crippen LogP contribution in [0.5, 0.6) is 0 Å². The zero-order chi connectivity index (χ0) is 9.52. The van der Waals surface area contributed by atoms with Crippen LogP contribution in [0.4, 0.5) is 0 Å². The second kappa shape index (κ2) is 6.06. The molecule has 0 fully saturated rings. The molecule has 1 unspecified atom stereocenters. The highest BCUT2D eigenvalue weighted by Crippen LogP contribution is 2.13. The molecule has 13 heavy (non-hydrogen) atoms. The van der Waals surface area contributed by atoms with Crippen LogP contribution in [0.15, 0.2) is 30.3 Å². The Morgan fingerprint density at radius 2 is 2.00 bits per heavy atom. The molecule has 1 N–H and O–H groups in total. The fourth-order valence-electron chi connectivity index (χ4n) is 1.00. The van der Waals surface area contributed by atoms with Gasteiger partial charge in [0.15, 0.2) is 0 Å². The Morgan fingerprint density at radius 1 is 1.31 bits per heavy atom. The summed E-state index contributed by atoms with van der Waals surface area (Å²) in [5, 5.41) is 9.32. The van der Waals surface area contributed by atoms with Crippen molar-refractivity contribution in [3.05, 3.63) is 35.9 Å². The molecule has 0 radical (unpaired) electrons. The lowest BCUT2D eigenvalue weighted by Gasteiger charge is -2.06. The minimum atomic E-state index is -0.145. The molecule has 0 saturated carbocycles. The third kappa shape index (κ3) is 4.34. The third-order valence-corrected chi connectivity index (χ3v) is 3.05. The van der Waals surface area contributed by atoms with Gasteiger partial charge in [0.05, 0.1) is 6.10 Å². The molecule has 0 spiro atoms. The SMILES string of the molecule is CCC(O)CSCc1ccccc1. The summed E-state index contributed by atoms with van der Waals surface area (Å²) in [6.45, 7) is 2.01. The van der Waals surface area contributed by atoms with Crippen LogP contribution < -0.4 is 0 Å². The van der Waals surface area contributed by atoms with E-state index in [0.29, 0.717) is 0 Å². The molecule has 1 aromatic rings. The van der Waals surface area contributed by atoms with Crippen LogP contribution in [0.25, 0.3) is 0 Å². The zero-order valence-electron chi connectivity index (χ0n) is 7.94. The fraction of sp³-hybridized carbons (Fsp3) is 0.455. The minimum absolute atomic E-state index is 0.145. The molecule has 0 heterocycles. The van der Waals surface area contributed by atoms with Crippen LogP contribution >= 0.6 is 11.8 Å². The van der Waals surface area contributed by atoms with Crippen molar-refractivity contribution in [1.82, 2.24) is 0 Å². The van der Waals surface area contributed by atoms with Crippen LogP contribution in [0.3, 0.4) is 0 Å². The van der Waals surface area contributed by atoms with E-state index in [0.717, 1.165) is 17.9 Å². The number of aliphatic hydroxyl groups is 1. The first-order valence-corrected chi connectivity index (χ1v) is 5.78. The van der Waals surface area contributed by atoms with Gasteiger partial charge in [0.1, 0.15) is 0 Å². The summed E-state index contributed by atoms with van der Waals surface area (Å²) in [6, 6.07) is 10.4. The minimum Gasteiger partial charge on any atom is -0.392 e. The van der Waals surface area contributed by atoms with Crippen molar-refractivity contribution in [2.45, 2.75) is 25.2 Å². The second-order valence-electron chi connectivity index (χ2n) is 3.06. The molecule has 0 saturated heterocycles. The summed E-state index contributed by atoms with van der Waals surface area (Å²) < 4.78 is 0. The summed E-state index contributed by atoms with van der Waals surface area (Å²) in [5.74, 6) is 1.84. The smallest absolute Gasteiger partial charge is 0.0628 e. The van der Waals surface area contributed by atoms with E-state index in [1.165, 1.54) is 5.56 Å². The van der Waals surface area contributed by atoms with Crippen molar-refractivity contribution in [3.63, 3.8) is 0 Å². The Kier molecular flexibility index (Phi) is 4.94. The zero-order valence-corrected chi connectivity index (χ0v) is 8.76. The van der Waals surface area contributed by atoms with Crippen LogP contribution in [0.2, 0.25) is 0 Å². The van der Waals surface area contributed by atoms with Gasteiger partial charge in [0.2, 0.25) is 0 Å². The molecule has 0 aliphatic carbocycles. The van der Waals surface area contributed by atoms with Gasteiger partial charge in [0.25, 0.3) is 0 Å². The molecule has 72 valence electrons. The molecule has 0 aromatic heterocycles. The van der Waals surface area contributed by atoms with Gasteiger partial charge < -0.3 is 5.11 Å². The lowest BCUT2D eigenvalue weighted by molar-refractivity contribution is 0.195. The normalized spacial score (nSPS) is 12.8. The number of benzene rings is 1. The topological polar surface area (TPSA) is 20.2 Å².